The van der Waals surface area contributed by atoms with Crippen LogP contribution in [0.3, 0.4) is 0 Å². The minimum absolute atomic E-state index is 0.0263. The van der Waals surface area contributed by atoms with E-state index in [9.17, 15) is 4.79 Å². The summed E-state index contributed by atoms with van der Waals surface area (Å²) in [7, 11) is 0. The minimum atomic E-state index is -0.835. The second-order valence-corrected chi connectivity index (χ2v) is 4.97. The number of hydrogen-bond acceptors (Lipinski definition) is 4. The summed E-state index contributed by atoms with van der Waals surface area (Å²) < 4.78 is 6.22. The molecule has 0 unspecified atom stereocenters. The number of aromatic nitrogens is 2. The lowest BCUT2D eigenvalue weighted by Gasteiger charge is -1.97. The van der Waals surface area contributed by atoms with Crippen LogP contribution in [0, 0.1) is 0 Å². The lowest BCUT2D eigenvalue weighted by Crippen LogP contribution is -2.04. The Labute approximate surface area is 118 Å². The SMILES string of the molecule is O=C(O)Cc1ccc(N=c2snc3ccccn23)cc1. The molecule has 3 aromatic rings. The summed E-state index contributed by atoms with van der Waals surface area (Å²) in [5.41, 5.74) is 2.40. The summed E-state index contributed by atoms with van der Waals surface area (Å²) in [5, 5.41) is 8.73. The Bertz CT molecular complexity index is 818. The smallest absolute Gasteiger partial charge is 0.307 e. The highest BCUT2D eigenvalue weighted by atomic mass is 32.1. The molecule has 0 saturated heterocycles. The molecular weight excluding hydrogens is 274 g/mol. The summed E-state index contributed by atoms with van der Waals surface area (Å²) >= 11 is 1.32. The van der Waals surface area contributed by atoms with Crippen molar-refractivity contribution >= 4 is 28.8 Å². The first-order valence-electron chi connectivity index (χ1n) is 6.01. The van der Waals surface area contributed by atoms with E-state index in [0.29, 0.717) is 0 Å². The number of pyridine rings is 1. The van der Waals surface area contributed by atoms with Crippen LogP contribution in [0.25, 0.3) is 5.65 Å². The molecule has 0 radical (unpaired) electrons. The molecule has 0 aliphatic rings. The van der Waals surface area contributed by atoms with Gasteiger partial charge in [-0.15, -0.1) is 0 Å². The molecule has 2 heterocycles. The molecule has 20 heavy (non-hydrogen) atoms. The highest BCUT2D eigenvalue weighted by Crippen LogP contribution is 2.13. The van der Waals surface area contributed by atoms with Gasteiger partial charge in [0, 0.05) is 17.7 Å². The third kappa shape index (κ3) is 2.60. The molecule has 0 spiro atoms. The second-order valence-electron chi connectivity index (χ2n) is 4.24. The fraction of sp³-hybridized carbons (Fsp3) is 0.0714. The van der Waals surface area contributed by atoms with Crippen molar-refractivity contribution in [3.8, 4) is 0 Å². The number of nitrogens with zero attached hydrogens (tertiary/aromatic N) is 3. The highest BCUT2D eigenvalue weighted by molar-refractivity contribution is 7.03. The largest absolute Gasteiger partial charge is 0.481 e. The van der Waals surface area contributed by atoms with Gasteiger partial charge in [0.25, 0.3) is 0 Å². The number of hydrogen-bond donors (Lipinski definition) is 1. The normalized spacial score (nSPS) is 11.9. The van der Waals surface area contributed by atoms with E-state index >= 15 is 0 Å². The Kier molecular flexibility index (Phi) is 3.30. The van der Waals surface area contributed by atoms with E-state index in [1.807, 2.05) is 40.9 Å². The molecule has 5 nitrogen and oxygen atoms in total. The maximum Gasteiger partial charge on any atom is 0.307 e. The van der Waals surface area contributed by atoms with Gasteiger partial charge in [-0.3, -0.25) is 9.20 Å². The molecule has 2 aromatic heterocycles. The molecule has 0 aliphatic carbocycles. The van der Waals surface area contributed by atoms with E-state index in [0.717, 1.165) is 21.7 Å². The van der Waals surface area contributed by atoms with Crippen molar-refractivity contribution in [2.45, 2.75) is 6.42 Å². The Morgan fingerprint density at radius 1 is 1.25 bits per heavy atom. The fourth-order valence-electron chi connectivity index (χ4n) is 1.85. The lowest BCUT2D eigenvalue weighted by atomic mass is 10.1. The van der Waals surface area contributed by atoms with Crippen LogP contribution in [0.1, 0.15) is 5.56 Å². The van der Waals surface area contributed by atoms with Crippen LogP contribution in [0.4, 0.5) is 5.69 Å². The van der Waals surface area contributed by atoms with Crippen molar-refractivity contribution in [2.24, 2.45) is 4.99 Å². The van der Waals surface area contributed by atoms with Crippen molar-refractivity contribution in [1.82, 2.24) is 8.77 Å². The van der Waals surface area contributed by atoms with E-state index < -0.39 is 5.97 Å². The zero-order valence-corrected chi connectivity index (χ0v) is 11.2. The van der Waals surface area contributed by atoms with Crippen LogP contribution in [-0.2, 0) is 11.2 Å². The Morgan fingerprint density at radius 3 is 2.80 bits per heavy atom. The topological polar surface area (TPSA) is 67.0 Å². The number of aliphatic carboxylic acids is 1. The van der Waals surface area contributed by atoms with Gasteiger partial charge in [0.1, 0.15) is 0 Å². The van der Waals surface area contributed by atoms with Gasteiger partial charge in [-0.2, -0.15) is 4.37 Å². The van der Waals surface area contributed by atoms with Crippen LogP contribution in [-0.4, -0.2) is 19.9 Å². The zero-order valence-electron chi connectivity index (χ0n) is 10.4. The lowest BCUT2D eigenvalue weighted by molar-refractivity contribution is -0.136. The van der Waals surface area contributed by atoms with Gasteiger partial charge >= 0.3 is 5.97 Å². The molecule has 1 aromatic carbocycles. The van der Waals surface area contributed by atoms with Crippen molar-refractivity contribution in [3.05, 3.63) is 59.0 Å². The quantitative estimate of drug-likeness (QED) is 0.802. The van der Waals surface area contributed by atoms with Crippen LogP contribution in [0.15, 0.2) is 53.7 Å². The molecule has 1 N–H and O–H groups in total. The molecule has 0 amide bonds. The van der Waals surface area contributed by atoms with Crippen LogP contribution in [0.5, 0.6) is 0 Å². The first kappa shape index (κ1) is 12.6. The molecule has 0 atom stereocenters. The number of carboxylic acid groups (broad SMARTS) is 1. The zero-order chi connectivity index (χ0) is 13.9. The number of carboxylic acids is 1. The molecule has 0 bridgehead atoms. The Morgan fingerprint density at radius 2 is 2.05 bits per heavy atom. The number of rotatable bonds is 3. The average Bonchev–Trinajstić information content (AvgIpc) is 2.84. The van der Waals surface area contributed by atoms with Gasteiger partial charge in [-0.05, 0) is 29.8 Å². The maximum atomic E-state index is 10.6. The van der Waals surface area contributed by atoms with E-state index in [2.05, 4.69) is 9.37 Å². The third-order valence-corrected chi connectivity index (χ3v) is 3.51. The maximum absolute atomic E-state index is 10.6. The first-order chi connectivity index (χ1) is 9.72. The number of carbonyl (C=O) groups is 1. The van der Waals surface area contributed by atoms with E-state index in [1.165, 1.54) is 11.5 Å². The van der Waals surface area contributed by atoms with Crippen molar-refractivity contribution in [1.29, 1.82) is 0 Å². The van der Waals surface area contributed by atoms with Gasteiger partial charge in [-0.1, -0.05) is 18.2 Å². The molecule has 3 rings (SSSR count). The van der Waals surface area contributed by atoms with Crippen LogP contribution in [0.2, 0.25) is 0 Å². The van der Waals surface area contributed by atoms with Crippen LogP contribution >= 0.6 is 11.5 Å². The molecule has 0 fully saturated rings. The minimum Gasteiger partial charge on any atom is -0.481 e. The monoisotopic (exact) mass is 285 g/mol. The summed E-state index contributed by atoms with van der Waals surface area (Å²) in [6, 6.07) is 13.0. The van der Waals surface area contributed by atoms with Crippen molar-refractivity contribution < 1.29 is 9.90 Å². The standard InChI is InChI=1S/C14H11N3O2S/c18-13(19)9-10-4-6-11(7-5-10)15-14-17-8-2-1-3-12(17)16-20-14/h1-8H,9H2,(H,18,19). The van der Waals surface area contributed by atoms with Crippen LogP contribution < -0.4 is 4.80 Å². The van der Waals surface area contributed by atoms with E-state index in [-0.39, 0.29) is 6.42 Å². The summed E-state index contributed by atoms with van der Waals surface area (Å²) in [6.45, 7) is 0. The van der Waals surface area contributed by atoms with Gasteiger partial charge in [0.05, 0.1) is 12.1 Å². The first-order valence-corrected chi connectivity index (χ1v) is 6.78. The Balaban J connectivity index is 1.97. The van der Waals surface area contributed by atoms with Gasteiger partial charge in [0.15, 0.2) is 5.65 Å². The summed E-state index contributed by atoms with van der Waals surface area (Å²) in [5.74, 6) is -0.835. The highest BCUT2D eigenvalue weighted by Gasteiger charge is 2.01. The molecule has 0 aliphatic heterocycles. The Hall–Kier alpha value is -2.47. The fourth-order valence-corrected chi connectivity index (χ4v) is 2.56. The molecule has 0 saturated carbocycles. The number of benzene rings is 1. The number of fused-ring (bicyclic) bond motifs is 1. The van der Waals surface area contributed by atoms with E-state index in [1.54, 1.807) is 12.1 Å². The average molecular weight is 285 g/mol. The van der Waals surface area contributed by atoms with Gasteiger partial charge in [0.2, 0.25) is 4.80 Å². The molecular formula is C14H11N3O2S. The molecule has 6 heteroatoms. The van der Waals surface area contributed by atoms with Gasteiger partial charge in [-0.25, -0.2) is 4.99 Å². The third-order valence-electron chi connectivity index (χ3n) is 2.78. The van der Waals surface area contributed by atoms with E-state index in [4.69, 9.17) is 5.11 Å². The summed E-state index contributed by atoms with van der Waals surface area (Å²) in [6.07, 6.45) is 1.94. The van der Waals surface area contributed by atoms with Crippen molar-refractivity contribution in [3.63, 3.8) is 0 Å². The van der Waals surface area contributed by atoms with Gasteiger partial charge < -0.3 is 5.11 Å². The predicted molar refractivity (Wildman–Crippen MR) is 76.1 cm³/mol. The predicted octanol–water partition coefficient (Wildman–Crippen LogP) is 2.26. The van der Waals surface area contributed by atoms with Crippen molar-refractivity contribution in [2.75, 3.05) is 0 Å². The molecule has 100 valence electrons. The summed E-state index contributed by atoms with van der Waals surface area (Å²) in [4.78, 5) is 15.9. The second kappa shape index (κ2) is 5.26.